The number of carbonyl (C=O) groups excluding carboxylic acids is 2. The second kappa shape index (κ2) is 12.7. The molecule has 274 valence electrons. The van der Waals surface area contributed by atoms with Gasteiger partial charge >= 0.3 is 11.9 Å². The van der Waals surface area contributed by atoms with Gasteiger partial charge in [0.2, 0.25) is 0 Å². The molecule has 0 spiro atoms. The number of hydrogen-bond acceptors (Lipinski definition) is 7. The first kappa shape index (κ1) is 37.8. The van der Waals surface area contributed by atoms with Crippen molar-refractivity contribution in [3.8, 4) is 0 Å². The summed E-state index contributed by atoms with van der Waals surface area (Å²) >= 11 is 0. The first-order valence-electron chi connectivity index (χ1n) is 18.8. The first-order chi connectivity index (χ1) is 22.1. The molecule has 48 heavy (non-hydrogen) atoms. The standard InChI is InChI=1S/C40H66O7S/c1-26(2)27-14-19-40(22-23-46-48(11,43)44)21-20-38(8)28(34(27)40)12-13-30-37(7)17-16-31(36(5,6)29(37)15-18-39(30,38)9)47-33(42)25-35(3,4)24-32(41)45-10/h27-31,34H,1,12-25H2,2-11H3/t27-,28?,29?,30?,31-,34?,37-,38+,39+,40+/m0/s1. The van der Waals surface area contributed by atoms with Crippen molar-refractivity contribution >= 4 is 22.1 Å². The lowest BCUT2D eigenvalue weighted by Crippen LogP contribution is -2.66. The lowest BCUT2D eigenvalue weighted by molar-refractivity contribution is -0.250. The van der Waals surface area contributed by atoms with Crippen LogP contribution in [-0.4, -0.2) is 46.4 Å². The number of methoxy groups -OCH3 is 1. The summed E-state index contributed by atoms with van der Waals surface area (Å²) < 4.78 is 40.3. The van der Waals surface area contributed by atoms with E-state index in [2.05, 4.69) is 48.1 Å². The van der Waals surface area contributed by atoms with Crippen LogP contribution < -0.4 is 0 Å². The number of esters is 2. The average Bonchev–Trinajstić information content (AvgIpc) is 3.33. The molecule has 8 heteroatoms. The number of carbonyl (C=O) groups is 2. The summed E-state index contributed by atoms with van der Waals surface area (Å²) in [5.74, 6) is 2.15. The van der Waals surface area contributed by atoms with Crippen LogP contribution in [0.1, 0.15) is 139 Å². The summed E-state index contributed by atoms with van der Waals surface area (Å²) in [5.41, 5.74) is 1.33. The fourth-order valence-corrected chi connectivity index (χ4v) is 13.8. The van der Waals surface area contributed by atoms with Crippen LogP contribution in [0, 0.1) is 62.1 Å². The molecule has 0 radical (unpaired) electrons. The van der Waals surface area contributed by atoms with E-state index in [0.717, 1.165) is 51.2 Å². The van der Waals surface area contributed by atoms with Crippen molar-refractivity contribution in [2.45, 2.75) is 145 Å². The van der Waals surface area contributed by atoms with Gasteiger partial charge in [-0.1, -0.05) is 60.6 Å². The van der Waals surface area contributed by atoms with Crippen molar-refractivity contribution < 1.29 is 31.7 Å². The Hall–Kier alpha value is -1.41. The minimum Gasteiger partial charge on any atom is -0.469 e. The first-order valence-corrected chi connectivity index (χ1v) is 20.6. The predicted molar refractivity (Wildman–Crippen MR) is 189 cm³/mol. The Kier molecular flexibility index (Phi) is 9.99. The number of fused-ring (bicyclic) bond motifs is 7. The SMILES string of the molecule is C=C(C)[C@@H]1CC[C@]2(CCOS(C)(=O)=O)CC[C@]3(C)C(CCC4[C@@]5(C)CC[C@H](OC(=O)CC(C)(C)CC(=O)OC)C(C)(C)C5CC[C@]43C)C12. The minimum atomic E-state index is -3.46. The van der Waals surface area contributed by atoms with Gasteiger partial charge in [-0.15, -0.1) is 0 Å². The van der Waals surface area contributed by atoms with Gasteiger partial charge in [-0.2, -0.15) is 8.42 Å². The number of ether oxygens (including phenoxy) is 2. The number of rotatable bonds is 10. The molecule has 0 aliphatic heterocycles. The van der Waals surface area contributed by atoms with Crippen molar-refractivity contribution in [1.29, 1.82) is 0 Å². The van der Waals surface area contributed by atoms with E-state index < -0.39 is 15.5 Å². The second-order valence-electron chi connectivity index (χ2n) is 19.3. The minimum absolute atomic E-state index is 0.123. The van der Waals surface area contributed by atoms with Gasteiger partial charge in [0, 0.05) is 5.41 Å². The average molecular weight is 691 g/mol. The molecule has 0 aromatic rings. The Morgan fingerprint density at radius 3 is 2.12 bits per heavy atom. The second-order valence-corrected chi connectivity index (χ2v) is 20.9. The van der Waals surface area contributed by atoms with Gasteiger partial charge in [0.15, 0.2) is 0 Å². The maximum Gasteiger partial charge on any atom is 0.306 e. The maximum absolute atomic E-state index is 13.3. The Bertz CT molecular complexity index is 1380. The third kappa shape index (κ3) is 6.34. The Morgan fingerprint density at radius 1 is 0.833 bits per heavy atom. The summed E-state index contributed by atoms with van der Waals surface area (Å²) in [5, 5.41) is 0. The van der Waals surface area contributed by atoms with Gasteiger partial charge in [0.1, 0.15) is 6.10 Å². The normalized spacial score (nSPS) is 42.0. The quantitative estimate of drug-likeness (QED) is 0.128. The molecule has 0 heterocycles. The molecule has 5 saturated carbocycles. The molecule has 0 amide bonds. The summed E-state index contributed by atoms with van der Waals surface area (Å²) in [6.45, 7) is 23.4. The highest BCUT2D eigenvalue weighted by atomic mass is 32.2. The summed E-state index contributed by atoms with van der Waals surface area (Å²) in [7, 11) is -2.08. The molecule has 5 aliphatic rings. The van der Waals surface area contributed by atoms with Gasteiger partial charge < -0.3 is 9.47 Å². The number of allylic oxidation sites excluding steroid dienone is 1. The Labute approximate surface area is 292 Å². The summed E-state index contributed by atoms with van der Waals surface area (Å²) in [6.07, 6.45) is 13.6. The zero-order chi connectivity index (χ0) is 35.7. The lowest BCUT2D eigenvalue weighted by Gasteiger charge is -2.73. The zero-order valence-corrected chi connectivity index (χ0v) is 32.7. The van der Waals surface area contributed by atoms with Crippen LogP contribution in [0.2, 0.25) is 0 Å². The monoisotopic (exact) mass is 690 g/mol. The van der Waals surface area contributed by atoms with E-state index in [4.69, 9.17) is 13.7 Å². The predicted octanol–water partition coefficient (Wildman–Crippen LogP) is 8.90. The molecule has 10 atom stereocenters. The van der Waals surface area contributed by atoms with E-state index in [-0.39, 0.29) is 64.6 Å². The number of hydrogen-bond donors (Lipinski definition) is 0. The summed E-state index contributed by atoms with van der Waals surface area (Å²) in [4.78, 5) is 25.2. The third-order valence-electron chi connectivity index (χ3n) is 15.8. The van der Waals surface area contributed by atoms with Crippen LogP contribution in [0.5, 0.6) is 0 Å². The van der Waals surface area contributed by atoms with E-state index in [0.29, 0.717) is 29.6 Å². The van der Waals surface area contributed by atoms with Gasteiger partial charge in [-0.25, -0.2) is 0 Å². The van der Waals surface area contributed by atoms with Crippen LogP contribution in [-0.2, 0) is 33.4 Å². The van der Waals surface area contributed by atoms with Crippen LogP contribution >= 0.6 is 0 Å². The molecule has 0 aromatic carbocycles. The zero-order valence-electron chi connectivity index (χ0n) is 31.8. The molecule has 0 N–H and O–H groups in total. The fourth-order valence-electron chi connectivity index (χ4n) is 13.4. The van der Waals surface area contributed by atoms with Crippen LogP contribution in [0.3, 0.4) is 0 Å². The fraction of sp³-hybridized carbons (Fsp3) is 0.900. The van der Waals surface area contributed by atoms with Crippen molar-refractivity contribution in [3.63, 3.8) is 0 Å². The highest BCUT2D eigenvalue weighted by Gasteiger charge is 2.71. The Morgan fingerprint density at radius 2 is 1.50 bits per heavy atom. The molecule has 4 unspecified atom stereocenters. The van der Waals surface area contributed by atoms with Crippen LogP contribution in [0.4, 0.5) is 0 Å². The topological polar surface area (TPSA) is 96.0 Å². The molecule has 5 fully saturated rings. The van der Waals surface area contributed by atoms with Crippen molar-refractivity contribution in [2.75, 3.05) is 20.0 Å². The smallest absolute Gasteiger partial charge is 0.306 e. The van der Waals surface area contributed by atoms with Crippen LogP contribution in [0.15, 0.2) is 12.2 Å². The highest BCUT2D eigenvalue weighted by Crippen LogP contribution is 2.78. The van der Waals surface area contributed by atoms with Crippen LogP contribution in [0.25, 0.3) is 0 Å². The highest BCUT2D eigenvalue weighted by molar-refractivity contribution is 7.85. The molecule has 0 aromatic heterocycles. The van der Waals surface area contributed by atoms with Crippen molar-refractivity contribution in [2.24, 2.45) is 62.1 Å². The molecule has 0 saturated heterocycles. The van der Waals surface area contributed by atoms with Gasteiger partial charge in [-0.05, 0) is 134 Å². The molecule has 0 bridgehead atoms. The van der Waals surface area contributed by atoms with Gasteiger partial charge in [0.25, 0.3) is 10.1 Å². The van der Waals surface area contributed by atoms with E-state index in [9.17, 15) is 18.0 Å². The van der Waals surface area contributed by atoms with E-state index >= 15 is 0 Å². The molecule has 7 nitrogen and oxygen atoms in total. The van der Waals surface area contributed by atoms with E-state index in [1.54, 1.807) is 0 Å². The van der Waals surface area contributed by atoms with Gasteiger partial charge in [0.05, 0.1) is 32.8 Å². The lowest BCUT2D eigenvalue weighted by atomic mass is 9.32. The maximum atomic E-state index is 13.3. The van der Waals surface area contributed by atoms with Crippen molar-refractivity contribution in [3.05, 3.63) is 12.2 Å². The molecule has 5 rings (SSSR count). The van der Waals surface area contributed by atoms with Gasteiger partial charge in [-0.3, -0.25) is 13.8 Å². The van der Waals surface area contributed by atoms with E-state index in [1.165, 1.54) is 38.4 Å². The molecular formula is C40H66O7S. The van der Waals surface area contributed by atoms with E-state index in [1.807, 2.05) is 13.8 Å². The molecule has 5 aliphatic carbocycles. The molecular weight excluding hydrogens is 625 g/mol. The third-order valence-corrected chi connectivity index (χ3v) is 16.4. The Balaban J connectivity index is 1.37. The largest absolute Gasteiger partial charge is 0.469 e. The van der Waals surface area contributed by atoms with Crippen molar-refractivity contribution in [1.82, 2.24) is 0 Å². The summed E-state index contributed by atoms with van der Waals surface area (Å²) in [6, 6.07) is 0.